The van der Waals surface area contributed by atoms with Gasteiger partial charge in [-0.2, -0.15) is 4.31 Å². The number of carbonyl (C=O) groups excluding carboxylic acids is 1. The molecule has 0 bridgehead atoms. The van der Waals surface area contributed by atoms with Gasteiger partial charge in [0.15, 0.2) is 0 Å². The summed E-state index contributed by atoms with van der Waals surface area (Å²) in [5.41, 5.74) is 0.971. The van der Waals surface area contributed by atoms with Crippen LogP contribution < -0.4 is 10.1 Å². The first kappa shape index (κ1) is 20.4. The Labute approximate surface area is 166 Å². The van der Waals surface area contributed by atoms with Crippen LogP contribution >= 0.6 is 0 Å². The lowest BCUT2D eigenvalue weighted by Crippen LogP contribution is -2.45. The second-order valence-electron chi connectivity index (χ2n) is 7.02. The number of hydrogen-bond donors (Lipinski definition) is 1. The van der Waals surface area contributed by atoms with Crippen molar-refractivity contribution in [2.75, 3.05) is 20.2 Å². The minimum atomic E-state index is -3.58. The van der Waals surface area contributed by atoms with E-state index in [0.717, 1.165) is 11.3 Å². The van der Waals surface area contributed by atoms with Crippen LogP contribution in [0.4, 0.5) is 0 Å². The summed E-state index contributed by atoms with van der Waals surface area (Å²) >= 11 is 0. The van der Waals surface area contributed by atoms with Gasteiger partial charge in [0.2, 0.25) is 15.9 Å². The van der Waals surface area contributed by atoms with E-state index >= 15 is 0 Å². The summed E-state index contributed by atoms with van der Waals surface area (Å²) in [5.74, 6) is 0.292. The van der Waals surface area contributed by atoms with Crippen molar-refractivity contribution in [2.24, 2.45) is 5.92 Å². The summed E-state index contributed by atoms with van der Waals surface area (Å²) in [4.78, 5) is 13.0. The molecular weight excluding hydrogens is 376 g/mol. The molecule has 2 aromatic rings. The maximum Gasteiger partial charge on any atom is 0.243 e. The van der Waals surface area contributed by atoms with Gasteiger partial charge >= 0.3 is 0 Å². The molecule has 3 rings (SSSR count). The van der Waals surface area contributed by atoms with Gasteiger partial charge in [-0.15, -0.1) is 0 Å². The average Bonchev–Trinajstić information content (AvgIpc) is 2.74. The minimum absolute atomic E-state index is 0.115. The third kappa shape index (κ3) is 4.54. The Hall–Kier alpha value is -2.38. The van der Waals surface area contributed by atoms with Crippen molar-refractivity contribution in [1.29, 1.82) is 0 Å². The Kier molecular flexibility index (Phi) is 6.36. The molecular formula is C21H26N2O4S. The molecule has 150 valence electrons. The van der Waals surface area contributed by atoms with Gasteiger partial charge in [-0.1, -0.05) is 30.3 Å². The van der Waals surface area contributed by atoms with E-state index < -0.39 is 10.0 Å². The van der Waals surface area contributed by atoms with Crippen LogP contribution in [-0.4, -0.2) is 38.8 Å². The Balaban J connectivity index is 1.65. The monoisotopic (exact) mass is 402 g/mol. The highest BCUT2D eigenvalue weighted by atomic mass is 32.2. The fourth-order valence-electron chi connectivity index (χ4n) is 3.42. The number of amides is 1. The van der Waals surface area contributed by atoms with Crippen molar-refractivity contribution in [2.45, 2.75) is 30.7 Å². The number of hydrogen-bond acceptors (Lipinski definition) is 4. The number of rotatable bonds is 6. The van der Waals surface area contributed by atoms with Crippen LogP contribution in [0.25, 0.3) is 0 Å². The van der Waals surface area contributed by atoms with Crippen LogP contribution in [0, 0.1) is 5.92 Å². The molecule has 1 fully saturated rings. The second kappa shape index (κ2) is 8.75. The van der Waals surface area contributed by atoms with Crippen LogP contribution in [0.15, 0.2) is 59.5 Å². The number of nitrogens with zero attached hydrogens (tertiary/aromatic N) is 1. The molecule has 2 atom stereocenters. The molecule has 28 heavy (non-hydrogen) atoms. The van der Waals surface area contributed by atoms with Crippen LogP contribution in [0.5, 0.6) is 5.75 Å². The van der Waals surface area contributed by atoms with Crippen molar-refractivity contribution in [1.82, 2.24) is 9.62 Å². The predicted octanol–water partition coefficient (Wildman–Crippen LogP) is 2.97. The molecule has 2 aromatic carbocycles. The number of ether oxygens (including phenoxy) is 1. The third-order valence-corrected chi connectivity index (χ3v) is 6.99. The third-order valence-electron chi connectivity index (χ3n) is 5.11. The standard InChI is InChI=1S/C21H26N2O4S/c1-16(17-10-12-19(27-2)13-11-17)22-21(24)18-7-6-14-23(15-18)28(25,26)20-8-4-3-5-9-20/h3-5,8-13,16,18H,6-7,14-15H2,1-2H3,(H,22,24). The van der Waals surface area contributed by atoms with Gasteiger partial charge in [0.05, 0.1) is 24.0 Å². The molecule has 1 aliphatic rings. The van der Waals surface area contributed by atoms with Crippen LogP contribution in [-0.2, 0) is 14.8 Å². The number of nitrogens with one attached hydrogen (secondary N) is 1. The predicted molar refractivity (Wildman–Crippen MR) is 107 cm³/mol. The smallest absolute Gasteiger partial charge is 0.243 e. The number of sulfonamides is 1. The van der Waals surface area contributed by atoms with Crippen LogP contribution in [0.1, 0.15) is 31.4 Å². The Morgan fingerprint density at radius 1 is 1.14 bits per heavy atom. The van der Waals surface area contributed by atoms with E-state index in [9.17, 15) is 13.2 Å². The van der Waals surface area contributed by atoms with Crippen molar-refractivity contribution in [3.63, 3.8) is 0 Å². The highest BCUT2D eigenvalue weighted by molar-refractivity contribution is 7.89. The van der Waals surface area contributed by atoms with Gasteiger partial charge in [-0.3, -0.25) is 4.79 Å². The van der Waals surface area contributed by atoms with Gasteiger partial charge in [-0.25, -0.2) is 8.42 Å². The summed E-state index contributed by atoms with van der Waals surface area (Å²) in [6.45, 7) is 2.56. The van der Waals surface area contributed by atoms with Crippen LogP contribution in [0.2, 0.25) is 0 Å². The lowest BCUT2D eigenvalue weighted by atomic mass is 9.98. The molecule has 2 unspecified atom stereocenters. The first-order valence-corrected chi connectivity index (χ1v) is 10.9. The number of piperidine rings is 1. The Morgan fingerprint density at radius 2 is 1.82 bits per heavy atom. The summed E-state index contributed by atoms with van der Waals surface area (Å²) in [6.07, 6.45) is 1.35. The topological polar surface area (TPSA) is 75.7 Å². The highest BCUT2D eigenvalue weighted by Gasteiger charge is 2.33. The quantitative estimate of drug-likeness (QED) is 0.806. The zero-order valence-electron chi connectivity index (χ0n) is 16.2. The van der Waals surface area contributed by atoms with Crippen molar-refractivity contribution < 1.29 is 17.9 Å². The number of methoxy groups -OCH3 is 1. The highest BCUT2D eigenvalue weighted by Crippen LogP contribution is 2.25. The molecule has 7 heteroatoms. The molecule has 0 saturated carbocycles. The van der Waals surface area contributed by atoms with Crippen molar-refractivity contribution in [3.05, 3.63) is 60.2 Å². The first-order valence-electron chi connectivity index (χ1n) is 9.41. The molecule has 1 heterocycles. The SMILES string of the molecule is COc1ccc(C(C)NC(=O)C2CCCN(S(=O)(=O)c3ccccc3)C2)cc1. The minimum Gasteiger partial charge on any atom is -0.497 e. The lowest BCUT2D eigenvalue weighted by molar-refractivity contribution is -0.126. The number of carbonyl (C=O) groups is 1. The van der Waals surface area contributed by atoms with E-state index in [-0.39, 0.29) is 29.3 Å². The van der Waals surface area contributed by atoms with Gasteiger partial charge < -0.3 is 10.1 Å². The maximum absolute atomic E-state index is 12.8. The lowest BCUT2D eigenvalue weighted by Gasteiger charge is -2.32. The summed E-state index contributed by atoms with van der Waals surface area (Å²) in [6, 6.07) is 15.7. The van der Waals surface area contributed by atoms with E-state index in [1.54, 1.807) is 37.4 Å². The normalized spacial score (nSPS) is 19.0. The van der Waals surface area contributed by atoms with Gasteiger partial charge in [0.1, 0.15) is 5.75 Å². The average molecular weight is 403 g/mol. The maximum atomic E-state index is 12.8. The molecule has 0 spiro atoms. The van der Waals surface area contributed by atoms with Gasteiger partial charge in [-0.05, 0) is 49.6 Å². The first-order chi connectivity index (χ1) is 13.4. The summed E-state index contributed by atoms with van der Waals surface area (Å²) < 4.78 is 32.3. The van der Waals surface area contributed by atoms with Gasteiger partial charge in [0.25, 0.3) is 0 Å². The van der Waals surface area contributed by atoms with Crippen LogP contribution in [0.3, 0.4) is 0 Å². The van der Waals surface area contributed by atoms with Gasteiger partial charge in [0, 0.05) is 13.1 Å². The Morgan fingerprint density at radius 3 is 2.46 bits per heavy atom. The molecule has 0 aliphatic carbocycles. The van der Waals surface area contributed by atoms with E-state index in [0.29, 0.717) is 19.4 Å². The molecule has 1 saturated heterocycles. The Bertz CT molecular complexity index is 898. The van der Waals surface area contributed by atoms with E-state index in [4.69, 9.17) is 4.74 Å². The fourth-order valence-corrected chi connectivity index (χ4v) is 4.97. The largest absolute Gasteiger partial charge is 0.497 e. The van der Waals surface area contributed by atoms with Crippen molar-refractivity contribution in [3.8, 4) is 5.75 Å². The summed E-state index contributed by atoms with van der Waals surface area (Å²) in [7, 11) is -1.97. The molecule has 1 aliphatic heterocycles. The number of benzene rings is 2. The fraction of sp³-hybridized carbons (Fsp3) is 0.381. The van der Waals surface area contributed by atoms with E-state index in [1.165, 1.54) is 4.31 Å². The molecule has 1 amide bonds. The zero-order valence-corrected chi connectivity index (χ0v) is 17.0. The van der Waals surface area contributed by atoms with Crippen molar-refractivity contribution >= 4 is 15.9 Å². The zero-order chi connectivity index (χ0) is 20.1. The summed E-state index contributed by atoms with van der Waals surface area (Å²) in [5, 5.41) is 3.01. The molecule has 6 nitrogen and oxygen atoms in total. The second-order valence-corrected chi connectivity index (χ2v) is 8.96. The molecule has 0 aromatic heterocycles. The van der Waals surface area contributed by atoms with E-state index in [1.807, 2.05) is 31.2 Å². The molecule has 0 radical (unpaired) electrons. The van der Waals surface area contributed by atoms with E-state index in [2.05, 4.69) is 5.32 Å². The molecule has 1 N–H and O–H groups in total.